The highest BCUT2D eigenvalue weighted by Crippen LogP contribution is 2.39. The van der Waals surface area contributed by atoms with E-state index in [-0.39, 0.29) is 18.1 Å². The van der Waals surface area contributed by atoms with Crippen LogP contribution in [0.2, 0.25) is 0 Å². The number of Topliss-reactive ketones (excluding diaryl/α,β-unsaturated/α-hetero) is 1. The van der Waals surface area contributed by atoms with Crippen LogP contribution in [0.1, 0.15) is 107 Å². The van der Waals surface area contributed by atoms with Crippen LogP contribution in [0.3, 0.4) is 0 Å². The van der Waals surface area contributed by atoms with E-state index >= 15 is 0 Å². The summed E-state index contributed by atoms with van der Waals surface area (Å²) in [7, 11) is 0. The largest absolute Gasteiger partial charge is 0.393 e. The third-order valence-electron chi connectivity index (χ3n) is 6.13. The molecule has 0 aliphatic carbocycles. The lowest BCUT2D eigenvalue weighted by molar-refractivity contribution is -0.299. The van der Waals surface area contributed by atoms with E-state index in [2.05, 4.69) is 20.8 Å². The van der Waals surface area contributed by atoms with E-state index in [9.17, 15) is 9.90 Å². The zero-order valence-corrected chi connectivity index (χ0v) is 20.1. The standard InChI is InChI=1S/C22H42O4.C2H6/c1-8-18(15-16(3)11-10-12-17(4)23)20(24)21(5,6)19-13-14-25-22(7,9-2)26-19;1-2/h16-19,23H,8-15H2,1-7H3;1-2H3. The molecule has 0 saturated carbocycles. The summed E-state index contributed by atoms with van der Waals surface area (Å²) in [6.45, 7) is 18.9. The van der Waals surface area contributed by atoms with Gasteiger partial charge < -0.3 is 14.6 Å². The normalized spacial score (nSPS) is 26.0. The van der Waals surface area contributed by atoms with Gasteiger partial charge in [-0.3, -0.25) is 4.79 Å². The summed E-state index contributed by atoms with van der Waals surface area (Å²) in [5, 5.41) is 9.42. The predicted octanol–water partition coefficient (Wildman–Crippen LogP) is 6.14. The molecule has 28 heavy (non-hydrogen) atoms. The van der Waals surface area contributed by atoms with Crippen LogP contribution in [0.4, 0.5) is 0 Å². The Bertz CT molecular complexity index is 432. The van der Waals surface area contributed by atoms with Crippen molar-refractivity contribution in [3.05, 3.63) is 0 Å². The Balaban J connectivity index is 0.00000352. The number of hydrogen-bond donors (Lipinski definition) is 1. The number of hydrogen-bond acceptors (Lipinski definition) is 4. The molecule has 4 heteroatoms. The molecule has 0 aromatic carbocycles. The Morgan fingerprint density at radius 1 is 1.21 bits per heavy atom. The highest BCUT2D eigenvalue weighted by Gasteiger charge is 2.45. The molecule has 1 rings (SSSR count). The first-order valence-corrected chi connectivity index (χ1v) is 11.6. The first kappa shape index (κ1) is 27.5. The van der Waals surface area contributed by atoms with E-state index in [1.165, 1.54) is 0 Å². The average Bonchev–Trinajstić information content (AvgIpc) is 2.66. The van der Waals surface area contributed by atoms with Crippen molar-refractivity contribution in [1.29, 1.82) is 0 Å². The van der Waals surface area contributed by atoms with E-state index in [0.29, 0.717) is 18.3 Å². The molecule has 1 heterocycles. The Labute approximate surface area is 174 Å². The van der Waals surface area contributed by atoms with Crippen LogP contribution >= 0.6 is 0 Å². The summed E-state index contributed by atoms with van der Waals surface area (Å²) in [5.74, 6) is 0.324. The topological polar surface area (TPSA) is 55.8 Å². The molecule has 1 aliphatic rings. The average molecular weight is 401 g/mol. The van der Waals surface area contributed by atoms with Crippen molar-refractivity contribution in [3.63, 3.8) is 0 Å². The van der Waals surface area contributed by atoms with Crippen LogP contribution in [-0.2, 0) is 14.3 Å². The van der Waals surface area contributed by atoms with E-state index in [4.69, 9.17) is 9.47 Å². The fraction of sp³-hybridized carbons (Fsp3) is 0.958. The van der Waals surface area contributed by atoms with E-state index in [0.717, 1.165) is 44.9 Å². The zero-order valence-electron chi connectivity index (χ0n) is 20.1. The molecule has 0 aromatic heterocycles. The summed E-state index contributed by atoms with van der Waals surface area (Å²) < 4.78 is 12.0. The smallest absolute Gasteiger partial charge is 0.165 e. The van der Waals surface area contributed by atoms with Crippen LogP contribution in [0.25, 0.3) is 0 Å². The zero-order chi connectivity index (χ0) is 22.0. The van der Waals surface area contributed by atoms with Crippen molar-refractivity contribution in [1.82, 2.24) is 0 Å². The van der Waals surface area contributed by atoms with Gasteiger partial charge in [-0.15, -0.1) is 0 Å². The first-order chi connectivity index (χ1) is 13.1. The third-order valence-corrected chi connectivity index (χ3v) is 6.13. The molecule has 4 nitrogen and oxygen atoms in total. The van der Waals surface area contributed by atoms with Crippen LogP contribution in [0, 0.1) is 17.3 Å². The van der Waals surface area contributed by atoms with Gasteiger partial charge in [0.1, 0.15) is 5.78 Å². The van der Waals surface area contributed by atoms with Crippen molar-refractivity contribution in [2.45, 2.75) is 125 Å². The summed E-state index contributed by atoms with van der Waals surface area (Å²) in [5.41, 5.74) is -0.500. The van der Waals surface area contributed by atoms with Crippen LogP contribution < -0.4 is 0 Å². The number of ether oxygens (including phenoxy) is 2. The summed E-state index contributed by atoms with van der Waals surface area (Å²) in [6.07, 6.45) is 5.95. The van der Waals surface area contributed by atoms with E-state index < -0.39 is 11.2 Å². The van der Waals surface area contributed by atoms with Gasteiger partial charge in [0.25, 0.3) is 0 Å². The number of aliphatic hydroxyl groups excluding tert-OH is 1. The molecule has 0 bridgehead atoms. The van der Waals surface area contributed by atoms with Gasteiger partial charge in [0.05, 0.1) is 24.2 Å². The number of ketones is 1. The Kier molecular flexibility index (Phi) is 12.8. The maximum atomic E-state index is 13.4. The Morgan fingerprint density at radius 2 is 1.82 bits per heavy atom. The fourth-order valence-corrected chi connectivity index (χ4v) is 3.98. The van der Waals surface area contributed by atoms with E-state index in [1.807, 2.05) is 41.5 Å². The molecule has 1 saturated heterocycles. The minimum atomic E-state index is -0.573. The molecule has 0 spiro atoms. The van der Waals surface area contributed by atoms with E-state index in [1.54, 1.807) is 0 Å². The van der Waals surface area contributed by atoms with Gasteiger partial charge in [-0.05, 0) is 51.9 Å². The summed E-state index contributed by atoms with van der Waals surface area (Å²) >= 11 is 0. The van der Waals surface area contributed by atoms with Crippen molar-refractivity contribution >= 4 is 5.78 Å². The molecule has 1 N–H and O–H groups in total. The van der Waals surface area contributed by atoms with Crippen LogP contribution in [-0.4, -0.2) is 35.5 Å². The number of carbonyl (C=O) groups is 1. The second-order valence-corrected chi connectivity index (χ2v) is 9.04. The summed E-state index contributed by atoms with van der Waals surface area (Å²) in [6, 6.07) is 0. The lowest BCUT2D eigenvalue weighted by Crippen LogP contribution is -2.51. The third kappa shape index (κ3) is 8.51. The summed E-state index contributed by atoms with van der Waals surface area (Å²) in [4.78, 5) is 13.4. The highest BCUT2D eigenvalue weighted by molar-refractivity contribution is 5.87. The second-order valence-electron chi connectivity index (χ2n) is 9.04. The molecule has 168 valence electrons. The second kappa shape index (κ2) is 13.0. The van der Waals surface area contributed by atoms with Gasteiger partial charge in [0.2, 0.25) is 0 Å². The van der Waals surface area contributed by atoms with Gasteiger partial charge in [-0.25, -0.2) is 0 Å². The molecule has 0 amide bonds. The molecule has 0 aromatic rings. The quantitative estimate of drug-likeness (QED) is 0.452. The molecule has 5 atom stereocenters. The maximum absolute atomic E-state index is 13.4. The molecular weight excluding hydrogens is 352 g/mol. The van der Waals surface area contributed by atoms with Crippen molar-refractivity contribution in [2.24, 2.45) is 17.3 Å². The SMILES string of the molecule is CC.CCC(CC(C)CCCC(C)O)C(=O)C(C)(C)C1CCOC(C)(CC)O1. The van der Waals surface area contributed by atoms with Gasteiger partial charge >= 0.3 is 0 Å². The van der Waals surface area contributed by atoms with Crippen molar-refractivity contribution in [3.8, 4) is 0 Å². The minimum absolute atomic E-state index is 0.0749. The van der Waals surface area contributed by atoms with Crippen molar-refractivity contribution < 1.29 is 19.4 Å². The van der Waals surface area contributed by atoms with Gasteiger partial charge in [0.15, 0.2) is 5.79 Å². The van der Waals surface area contributed by atoms with Crippen molar-refractivity contribution in [2.75, 3.05) is 6.61 Å². The first-order valence-electron chi connectivity index (χ1n) is 11.6. The number of rotatable bonds is 11. The molecule has 1 aliphatic heterocycles. The van der Waals surface area contributed by atoms with Gasteiger partial charge in [-0.1, -0.05) is 61.3 Å². The molecule has 5 unspecified atom stereocenters. The van der Waals surface area contributed by atoms with Gasteiger partial charge in [0, 0.05) is 5.92 Å². The van der Waals surface area contributed by atoms with Gasteiger partial charge in [-0.2, -0.15) is 0 Å². The Morgan fingerprint density at radius 3 is 2.32 bits per heavy atom. The molecule has 0 radical (unpaired) electrons. The molecule has 1 fully saturated rings. The highest BCUT2D eigenvalue weighted by atomic mass is 16.7. The maximum Gasteiger partial charge on any atom is 0.165 e. The number of carbonyl (C=O) groups excluding carboxylic acids is 1. The fourth-order valence-electron chi connectivity index (χ4n) is 3.98. The van der Waals surface area contributed by atoms with Crippen LogP contribution in [0.15, 0.2) is 0 Å². The lowest BCUT2D eigenvalue weighted by atomic mass is 9.72. The minimum Gasteiger partial charge on any atom is -0.393 e. The number of aliphatic hydroxyl groups is 1. The van der Waals surface area contributed by atoms with Crippen LogP contribution in [0.5, 0.6) is 0 Å². The monoisotopic (exact) mass is 400 g/mol. The Hall–Kier alpha value is -0.450. The molecular formula is C24H48O4. The lowest BCUT2D eigenvalue weighted by Gasteiger charge is -2.45. The predicted molar refractivity (Wildman–Crippen MR) is 117 cm³/mol.